The van der Waals surface area contributed by atoms with Crippen LogP contribution in [0.1, 0.15) is 6.92 Å². The lowest BCUT2D eigenvalue weighted by molar-refractivity contribution is 0.122. The number of halogens is 1. The predicted octanol–water partition coefficient (Wildman–Crippen LogP) is 4.25. The highest BCUT2D eigenvalue weighted by Crippen LogP contribution is 2.23. The van der Waals surface area contributed by atoms with Crippen LogP contribution in [0.15, 0.2) is 48.5 Å². The van der Waals surface area contributed by atoms with E-state index in [9.17, 15) is 0 Å². The first-order valence-electron chi connectivity index (χ1n) is 9.81. The number of benzene rings is 2. The van der Waals surface area contributed by atoms with Crippen LogP contribution >= 0.6 is 11.6 Å². The fourth-order valence-electron chi connectivity index (χ4n) is 2.97. The van der Waals surface area contributed by atoms with Gasteiger partial charge < -0.3 is 25.0 Å². The van der Waals surface area contributed by atoms with Gasteiger partial charge in [-0.1, -0.05) is 11.6 Å². The molecule has 4 rings (SSSR count). The van der Waals surface area contributed by atoms with Gasteiger partial charge in [0.25, 0.3) is 0 Å². The van der Waals surface area contributed by atoms with Crippen LogP contribution in [0.4, 0.5) is 29.2 Å². The maximum atomic E-state index is 5.98. The second-order valence-corrected chi connectivity index (χ2v) is 7.03. The molecule has 1 aromatic heterocycles. The zero-order valence-corrected chi connectivity index (χ0v) is 17.4. The van der Waals surface area contributed by atoms with Crippen molar-refractivity contribution in [3.05, 3.63) is 53.6 Å². The largest absolute Gasteiger partial charge is 0.494 e. The molecule has 30 heavy (non-hydrogen) atoms. The van der Waals surface area contributed by atoms with E-state index in [1.807, 2.05) is 55.5 Å². The van der Waals surface area contributed by atoms with E-state index in [2.05, 4.69) is 30.5 Å². The van der Waals surface area contributed by atoms with Gasteiger partial charge in [-0.3, -0.25) is 0 Å². The van der Waals surface area contributed by atoms with E-state index in [0.717, 1.165) is 30.2 Å². The van der Waals surface area contributed by atoms with E-state index in [1.54, 1.807) is 0 Å². The Hall–Kier alpha value is -3.10. The Morgan fingerprint density at radius 3 is 2.03 bits per heavy atom. The molecule has 0 bridgehead atoms. The summed E-state index contributed by atoms with van der Waals surface area (Å²) in [4.78, 5) is 15.8. The summed E-state index contributed by atoms with van der Waals surface area (Å²) in [7, 11) is 0. The molecule has 1 saturated heterocycles. The number of morpholine rings is 1. The van der Waals surface area contributed by atoms with Crippen molar-refractivity contribution in [2.24, 2.45) is 0 Å². The van der Waals surface area contributed by atoms with E-state index < -0.39 is 0 Å². The molecular formula is C21H23ClN6O2. The summed E-state index contributed by atoms with van der Waals surface area (Å²) in [6.07, 6.45) is 0. The minimum atomic E-state index is 0.447. The van der Waals surface area contributed by atoms with Crippen molar-refractivity contribution in [1.82, 2.24) is 15.0 Å². The van der Waals surface area contributed by atoms with Crippen LogP contribution in [0.5, 0.6) is 5.75 Å². The third-order valence-electron chi connectivity index (χ3n) is 4.44. The fraction of sp³-hybridized carbons (Fsp3) is 0.286. The molecule has 2 N–H and O–H groups in total. The van der Waals surface area contributed by atoms with Crippen molar-refractivity contribution in [3.8, 4) is 5.75 Å². The number of rotatable bonds is 7. The molecule has 156 valence electrons. The Balaban J connectivity index is 1.59. The summed E-state index contributed by atoms with van der Waals surface area (Å²) in [5, 5.41) is 7.14. The number of nitrogens with one attached hydrogen (secondary N) is 2. The van der Waals surface area contributed by atoms with Gasteiger partial charge in [0, 0.05) is 29.5 Å². The number of nitrogens with zero attached hydrogens (tertiary/aromatic N) is 4. The molecule has 9 heteroatoms. The lowest BCUT2D eigenvalue weighted by Gasteiger charge is -2.27. The number of ether oxygens (including phenoxy) is 2. The van der Waals surface area contributed by atoms with E-state index in [1.165, 1.54) is 0 Å². The summed E-state index contributed by atoms with van der Waals surface area (Å²) in [5.41, 5.74) is 1.69. The smallest absolute Gasteiger partial charge is 0.233 e. The Labute approximate surface area is 180 Å². The zero-order chi connectivity index (χ0) is 20.8. The van der Waals surface area contributed by atoms with Crippen molar-refractivity contribution in [1.29, 1.82) is 0 Å². The van der Waals surface area contributed by atoms with Crippen LogP contribution in [0.2, 0.25) is 5.02 Å². The Kier molecular flexibility index (Phi) is 6.46. The molecule has 0 spiro atoms. The van der Waals surface area contributed by atoms with E-state index in [4.69, 9.17) is 21.1 Å². The van der Waals surface area contributed by atoms with E-state index in [0.29, 0.717) is 42.7 Å². The van der Waals surface area contributed by atoms with Crippen molar-refractivity contribution in [2.75, 3.05) is 48.4 Å². The number of hydrogen-bond donors (Lipinski definition) is 2. The number of anilines is 5. The summed E-state index contributed by atoms with van der Waals surface area (Å²) >= 11 is 5.98. The molecular weight excluding hydrogens is 404 g/mol. The molecule has 8 nitrogen and oxygen atoms in total. The highest BCUT2D eigenvalue weighted by Gasteiger charge is 2.17. The molecule has 2 heterocycles. The molecule has 0 unspecified atom stereocenters. The van der Waals surface area contributed by atoms with Gasteiger partial charge in [-0.15, -0.1) is 0 Å². The Morgan fingerprint density at radius 2 is 1.47 bits per heavy atom. The van der Waals surface area contributed by atoms with Crippen molar-refractivity contribution < 1.29 is 9.47 Å². The molecule has 1 fully saturated rings. The molecule has 0 saturated carbocycles. The van der Waals surface area contributed by atoms with Gasteiger partial charge >= 0.3 is 0 Å². The maximum Gasteiger partial charge on any atom is 0.233 e. The van der Waals surface area contributed by atoms with E-state index in [-0.39, 0.29) is 0 Å². The second kappa shape index (κ2) is 9.60. The minimum Gasteiger partial charge on any atom is -0.494 e. The fourth-order valence-corrected chi connectivity index (χ4v) is 3.10. The van der Waals surface area contributed by atoms with Gasteiger partial charge in [0.15, 0.2) is 0 Å². The molecule has 0 amide bonds. The Bertz CT molecular complexity index is 962. The van der Waals surface area contributed by atoms with Gasteiger partial charge in [0.05, 0.1) is 19.8 Å². The minimum absolute atomic E-state index is 0.447. The third-order valence-corrected chi connectivity index (χ3v) is 4.69. The lowest BCUT2D eigenvalue weighted by atomic mass is 10.3. The van der Waals surface area contributed by atoms with Crippen LogP contribution in [0.25, 0.3) is 0 Å². The van der Waals surface area contributed by atoms with Gasteiger partial charge in [0.1, 0.15) is 5.75 Å². The number of aromatic nitrogens is 3. The first-order valence-corrected chi connectivity index (χ1v) is 10.2. The molecule has 0 radical (unpaired) electrons. The van der Waals surface area contributed by atoms with Gasteiger partial charge in [-0.05, 0) is 55.5 Å². The second-order valence-electron chi connectivity index (χ2n) is 6.60. The topological polar surface area (TPSA) is 84.4 Å². The monoisotopic (exact) mass is 426 g/mol. The SMILES string of the molecule is CCOc1ccc(Nc2nc(Nc3ccc(Cl)cc3)nc(N3CCOCC3)n2)cc1. The van der Waals surface area contributed by atoms with Crippen LogP contribution in [-0.4, -0.2) is 47.9 Å². The lowest BCUT2D eigenvalue weighted by Crippen LogP contribution is -2.37. The van der Waals surface area contributed by atoms with Crippen LogP contribution in [0, 0.1) is 0 Å². The quantitative estimate of drug-likeness (QED) is 0.580. The van der Waals surface area contributed by atoms with Crippen molar-refractivity contribution in [2.45, 2.75) is 6.92 Å². The first-order chi connectivity index (χ1) is 14.7. The van der Waals surface area contributed by atoms with Gasteiger partial charge in [-0.2, -0.15) is 15.0 Å². The van der Waals surface area contributed by atoms with Gasteiger partial charge in [0.2, 0.25) is 17.8 Å². The highest BCUT2D eigenvalue weighted by molar-refractivity contribution is 6.30. The zero-order valence-electron chi connectivity index (χ0n) is 16.6. The molecule has 0 atom stereocenters. The standard InChI is InChI=1S/C21H23ClN6O2/c1-2-30-18-9-7-17(8-10-18)24-20-25-19(23-16-5-3-15(22)4-6-16)26-21(27-20)28-11-13-29-14-12-28/h3-10H,2,11-14H2,1H3,(H2,23,24,25,26,27). The van der Waals surface area contributed by atoms with Crippen LogP contribution < -0.4 is 20.3 Å². The maximum absolute atomic E-state index is 5.98. The highest BCUT2D eigenvalue weighted by atomic mass is 35.5. The molecule has 0 aliphatic carbocycles. The molecule has 1 aliphatic rings. The van der Waals surface area contributed by atoms with Crippen LogP contribution in [-0.2, 0) is 4.74 Å². The summed E-state index contributed by atoms with van der Waals surface area (Å²) in [5.74, 6) is 2.31. The van der Waals surface area contributed by atoms with Crippen LogP contribution in [0.3, 0.4) is 0 Å². The summed E-state index contributed by atoms with van der Waals surface area (Å²) < 4.78 is 10.9. The molecule has 1 aliphatic heterocycles. The normalized spacial score (nSPS) is 13.7. The average Bonchev–Trinajstić information content (AvgIpc) is 2.77. The Morgan fingerprint density at radius 1 is 0.900 bits per heavy atom. The molecule has 2 aromatic carbocycles. The molecule has 3 aromatic rings. The third kappa shape index (κ3) is 5.28. The van der Waals surface area contributed by atoms with Crippen molar-refractivity contribution >= 4 is 40.8 Å². The first kappa shape index (κ1) is 20.2. The summed E-state index contributed by atoms with van der Waals surface area (Å²) in [6, 6.07) is 15.0. The number of hydrogen-bond acceptors (Lipinski definition) is 8. The average molecular weight is 427 g/mol. The van der Waals surface area contributed by atoms with Gasteiger partial charge in [-0.25, -0.2) is 0 Å². The summed E-state index contributed by atoms with van der Waals surface area (Å²) in [6.45, 7) is 5.34. The predicted molar refractivity (Wildman–Crippen MR) is 118 cm³/mol. The van der Waals surface area contributed by atoms with Crippen molar-refractivity contribution in [3.63, 3.8) is 0 Å². The van der Waals surface area contributed by atoms with E-state index >= 15 is 0 Å².